The van der Waals surface area contributed by atoms with Crippen molar-refractivity contribution in [3.8, 4) is 0 Å². The number of aliphatic hydroxyl groups excluding tert-OH is 1. The van der Waals surface area contributed by atoms with Crippen molar-refractivity contribution < 1.29 is 19.4 Å². The summed E-state index contributed by atoms with van der Waals surface area (Å²) in [6, 6.07) is -1.03. The standard InChI is InChI=1S/C6H12N2O4/c7-4(3-5(8)10)6(11)12-2-1-9/h4,9H,1-3,7H2,(H2,8,10)/t4-/m0/s1. The van der Waals surface area contributed by atoms with Gasteiger partial charge in [-0.2, -0.15) is 0 Å². The van der Waals surface area contributed by atoms with Gasteiger partial charge in [0.2, 0.25) is 5.91 Å². The first kappa shape index (κ1) is 10.9. The molecule has 0 aromatic rings. The van der Waals surface area contributed by atoms with Crippen molar-refractivity contribution >= 4 is 11.9 Å². The minimum absolute atomic E-state index is 0.120. The van der Waals surface area contributed by atoms with Crippen LogP contribution in [0.4, 0.5) is 0 Å². The van der Waals surface area contributed by atoms with E-state index in [0.717, 1.165) is 0 Å². The molecule has 1 amide bonds. The highest BCUT2D eigenvalue weighted by Gasteiger charge is 2.16. The van der Waals surface area contributed by atoms with E-state index in [9.17, 15) is 9.59 Å². The number of carbonyl (C=O) groups is 2. The number of hydrogen-bond acceptors (Lipinski definition) is 5. The average Bonchev–Trinajstić information content (AvgIpc) is 1.98. The van der Waals surface area contributed by atoms with Gasteiger partial charge in [0.1, 0.15) is 12.6 Å². The summed E-state index contributed by atoms with van der Waals surface area (Å²) in [4.78, 5) is 21.0. The number of nitrogens with two attached hydrogens (primary N) is 2. The zero-order chi connectivity index (χ0) is 9.56. The predicted molar refractivity (Wildman–Crippen MR) is 39.8 cm³/mol. The van der Waals surface area contributed by atoms with Crippen LogP contribution in [0.1, 0.15) is 6.42 Å². The first-order valence-corrected chi connectivity index (χ1v) is 3.39. The largest absolute Gasteiger partial charge is 0.462 e. The van der Waals surface area contributed by atoms with E-state index in [1.807, 2.05) is 0 Å². The molecule has 1 atom stereocenters. The first-order chi connectivity index (χ1) is 5.57. The molecular formula is C6H12N2O4. The lowest BCUT2D eigenvalue weighted by Crippen LogP contribution is -2.36. The number of rotatable bonds is 5. The van der Waals surface area contributed by atoms with Crippen LogP contribution in [0.3, 0.4) is 0 Å². The highest BCUT2D eigenvalue weighted by molar-refractivity contribution is 5.84. The quantitative estimate of drug-likeness (QED) is 0.408. The smallest absolute Gasteiger partial charge is 0.323 e. The Morgan fingerprint density at radius 3 is 2.50 bits per heavy atom. The fraction of sp³-hybridized carbons (Fsp3) is 0.667. The van der Waals surface area contributed by atoms with Crippen molar-refractivity contribution in [3.63, 3.8) is 0 Å². The molecule has 0 heterocycles. The Morgan fingerprint density at radius 2 is 2.08 bits per heavy atom. The van der Waals surface area contributed by atoms with Gasteiger partial charge in [-0.25, -0.2) is 0 Å². The minimum Gasteiger partial charge on any atom is -0.462 e. The molecule has 5 N–H and O–H groups in total. The van der Waals surface area contributed by atoms with Crippen molar-refractivity contribution in [1.82, 2.24) is 0 Å². The maximum atomic E-state index is 10.8. The van der Waals surface area contributed by atoms with Crippen molar-refractivity contribution in [2.75, 3.05) is 13.2 Å². The Balaban J connectivity index is 3.69. The molecule has 0 aliphatic rings. The summed E-state index contributed by atoms with van der Waals surface area (Å²) in [6.07, 6.45) is -0.246. The average molecular weight is 176 g/mol. The Kier molecular flexibility index (Phi) is 4.98. The molecule has 0 aliphatic heterocycles. The Hall–Kier alpha value is -1.14. The topological polar surface area (TPSA) is 116 Å². The van der Waals surface area contributed by atoms with Crippen LogP contribution in [-0.2, 0) is 14.3 Å². The van der Waals surface area contributed by atoms with Crippen LogP contribution in [-0.4, -0.2) is 36.2 Å². The fourth-order valence-electron chi connectivity index (χ4n) is 0.553. The summed E-state index contributed by atoms with van der Waals surface area (Å²) >= 11 is 0. The lowest BCUT2D eigenvalue weighted by atomic mass is 10.2. The second-order valence-corrected chi connectivity index (χ2v) is 2.17. The van der Waals surface area contributed by atoms with Crippen molar-refractivity contribution in [2.45, 2.75) is 12.5 Å². The number of aliphatic hydroxyl groups is 1. The number of carbonyl (C=O) groups excluding carboxylic acids is 2. The molecule has 0 radical (unpaired) electrons. The van der Waals surface area contributed by atoms with Crippen LogP contribution in [0.15, 0.2) is 0 Å². The number of hydrogen-bond donors (Lipinski definition) is 3. The van der Waals surface area contributed by atoms with E-state index in [2.05, 4.69) is 4.74 Å². The molecule has 6 nitrogen and oxygen atoms in total. The molecule has 0 bridgehead atoms. The van der Waals surface area contributed by atoms with E-state index in [0.29, 0.717) is 0 Å². The molecular weight excluding hydrogens is 164 g/mol. The number of ether oxygens (including phenoxy) is 1. The summed E-state index contributed by atoms with van der Waals surface area (Å²) in [5.74, 6) is -1.40. The van der Waals surface area contributed by atoms with E-state index >= 15 is 0 Å². The summed E-state index contributed by atoms with van der Waals surface area (Å²) < 4.78 is 4.43. The highest BCUT2D eigenvalue weighted by atomic mass is 16.5. The maximum absolute atomic E-state index is 10.8. The van der Waals surface area contributed by atoms with Crippen LogP contribution >= 0.6 is 0 Å². The predicted octanol–water partition coefficient (Wildman–Crippen LogP) is -2.28. The van der Waals surface area contributed by atoms with E-state index < -0.39 is 17.9 Å². The lowest BCUT2D eigenvalue weighted by molar-refractivity contribution is -0.147. The van der Waals surface area contributed by atoms with Gasteiger partial charge in [0.15, 0.2) is 0 Å². The summed E-state index contributed by atoms with van der Waals surface area (Å²) in [6.45, 7) is -0.389. The maximum Gasteiger partial charge on any atom is 0.323 e. The normalized spacial score (nSPS) is 12.2. The van der Waals surface area contributed by atoms with Crippen LogP contribution in [0.25, 0.3) is 0 Å². The van der Waals surface area contributed by atoms with Crippen molar-refractivity contribution in [3.05, 3.63) is 0 Å². The number of primary amides is 1. The molecule has 0 fully saturated rings. The van der Waals surface area contributed by atoms with Crippen LogP contribution in [0.2, 0.25) is 0 Å². The monoisotopic (exact) mass is 176 g/mol. The Labute approximate surface area is 69.5 Å². The zero-order valence-electron chi connectivity index (χ0n) is 6.53. The van der Waals surface area contributed by atoms with Crippen molar-refractivity contribution in [2.24, 2.45) is 11.5 Å². The molecule has 12 heavy (non-hydrogen) atoms. The van der Waals surface area contributed by atoms with E-state index in [1.165, 1.54) is 0 Å². The van der Waals surface area contributed by atoms with E-state index in [-0.39, 0.29) is 19.6 Å². The first-order valence-electron chi connectivity index (χ1n) is 3.39. The van der Waals surface area contributed by atoms with Gasteiger partial charge in [0, 0.05) is 0 Å². The fourth-order valence-corrected chi connectivity index (χ4v) is 0.553. The van der Waals surface area contributed by atoms with E-state index in [1.54, 1.807) is 0 Å². The van der Waals surface area contributed by atoms with Gasteiger partial charge in [0.05, 0.1) is 13.0 Å². The molecule has 0 aromatic heterocycles. The van der Waals surface area contributed by atoms with Crippen molar-refractivity contribution in [1.29, 1.82) is 0 Å². The van der Waals surface area contributed by atoms with Gasteiger partial charge in [0.25, 0.3) is 0 Å². The van der Waals surface area contributed by atoms with Crippen LogP contribution in [0, 0.1) is 0 Å². The summed E-state index contributed by atoms with van der Waals surface area (Å²) in [7, 11) is 0. The Bertz CT molecular complexity index is 171. The second kappa shape index (κ2) is 5.50. The molecule has 70 valence electrons. The summed E-state index contributed by atoms with van der Waals surface area (Å²) in [5, 5.41) is 8.27. The van der Waals surface area contributed by atoms with E-state index in [4.69, 9.17) is 16.6 Å². The lowest BCUT2D eigenvalue weighted by Gasteiger charge is -2.07. The second-order valence-electron chi connectivity index (χ2n) is 2.17. The van der Waals surface area contributed by atoms with Gasteiger partial charge >= 0.3 is 5.97 Å². The zero-order valence-corrected chi connectivity index (χ0v) is 6.53. The Morgan fingerprint density at radius 1 is 1.50 bits per heavy atom. The molecule has 0 aromatic carbocycles. The highest BCUT2D eigenvalue weighted by Crippen LogP contribution is 1.90. The van der Waals surface area contributed by atoms with Crippen LogP contribution in [0.5, 0.6) is 0 Å². The molecule has 0 saturated heterocycles. The summed E-state index contributed by atoms with van der Waals surface area (Å²) in [5.41, 5.74) is 9.99. The van der Waals surface area contributed by atoms with Gasteiger partial charge in [-0.3, -0.25) is 9.59 Å². The third-order valence-electron chi connectivity index (χ3n) is 1.06. The molecule has 0 rings (SSSR count). The molecule has 0 spiro atoms. The van der Waals surface area contributed by atoms with Gasteiger partial charge in [-0.05, 0) is 0 Å². The van der Waals surface area contributed by atoms with Gasteiger partial charge in [-0.15, -0.1) is 0 Å². The van der Waals surface area contributed by atoms with Gasteiger partial charge in [-0.1, -0.05) is 0 Å². The molecule has 0 saturated carbocycles. The minimum atomic E-state index is -1.03. The molecule has 0 aliphatic carbocycles. The number of amides is 1. The SMILES string of the molecule is NC(=O)C[C@H](N)C(=O)OCCO. The molecule has 6 heteroatoms. The number of esters is 1. The third-order valence-corrected chi connectivity index (χ3v) is 1.06. The third kappa shape index (κ3) is 4.64. The van der Waals surface area contributed by atoms with Crippen LogP contribution < -0.4 is 11.5 Å². The van der Waals surface area contributed by atoms with Gasteiger partial charge < -0.3 is 21.3 Å². The molecule has 0 unspecified atom stereocenters.